The van der Waals surface area contributed by atoms with Crippen molar-refractivity contribution in [3.63, 3.8) is 0 Å². The zero-order valence-electron chi connectivity index (χ0n) is 8.95. The van der Waals surface area contributed by atoms with Crippen molar-refractivity contribution >= 4 is 9.84 Å². The van der Waals surface area contributed by atoms with Crippen molar-refractivity contribution in [3.05, 3.63) is 29.3 Å². The molecule has 0 amide bonds. The summed E-state index contributed by atoms with van der Waals surface area (Å²) in [5.41, 5.74) is 2.11. The van der Waals surface area contributed by atoms with Crippen LogP contribution < -0.4 is 5.32 Å². The van der Waals surface area contributed by atoms with E-state index in [1.807, 2.05) is 26.1 Å². The lowest BCUT2D eigenvalue weighted by atomic mass is 10.0. The molecular formula is C11H15NO2S. The van der Waals surface area contributed by atoms with Crippen molar-refractivity contribution in [1.29, 1.82) is 0 Å². The van der Waals surface area contributed by atoms with Crippen LogP contribution in [-0.4, -0.2) is 21.2 Å². The normalized spacial score (nSPS) is 22.7. The molecule has 0 saturated carbocycles. The van der Waals surface area contributed by atoms with Gasteiger partial charge in [0.2, 0.25) is 0 Å². The smallest absolute Gasteiger partial charge is 0.179 e. The Morgan fingerprint density at radius 1 is 1.47 bits per heavy atom. The van der Waals surface area contributed by atoms with Gasteiger partial charge in [-0.1, -0.05) is 19.1 Å². The highest BCUT2D eigenvalue weighted by Crippen LogP contribution is 2.34. The lowest BCUT2D eigenvalue weighted by Gasteiger charge is -2.05. The van der Waals surface area contributed by atoms with E-state index >= 15 is 0 Å². The molecule has 2 rings (SSSR count). The van der Waals surface area contributed by atoms with Gasteiger partial charge in [-0.15, -0.1) is 0 Å². The van der Waals surface area contributed by atoms with Crippen LogP contribution in [0.5, 0.6) is 0 Å². The molecule has 0 fully saturated rings. The fraction of sp³-hybridized carbons (Fsp3) is 0.455. The number of fused-ring (bicyclic) bond motifs is 1. The molecule has 1 N–H and O–H groups in total. The lowest BCUT2D eigenvalue weighted by Crippen LogP contribution is -2.05. The molecule has 0 aliphatic carbocycles. The van der Waals surface area contributed by atoms with E-state index in [1.54, 1.807) is 6.07 Å². The van der Waals surface area contributed by atoms with Gasteiger partial charge in [-0.05, 0) is 30.2 Å². The minimum atomic E-state index is -3.01. The van der Waals surface area contributed by atoms with Gasteiger partial charge in [-0.2, -0.15) is 0 Å². The molecule has 1 unspecified atom stereocenters. The number of benzene rings is 1. The minimum Gasteiger partial charge on any atom is -0.316 e. The summed E-state index contributed by atoms with van der Waals surface area (Å²) in [6.45, 7) is 2.74. The van der Waals surface area contributed by atoms with Crippen LogP contribution in [0.4, 0.5) is 0 Å². The summed E-state index contributed by atoms with van der Waals surface area (Å²) in [6.07, 6.45) is 0. The summed E-state index contributed by atoms with van der Waals surface area (Å²) in [7, 11) is -1.12. The topological polar surface area (TPSA) is 46.2 Å². The summed E-state index contributed by atoms with van der Waals surface area (Å²) in [5.74, 6) is 0.382. The molecule has 15 heavy (non-hydrogen) atoms. The molecule has 1 aromatic rings. The molecule has 82 valence electrons. The fourth-order valence-corrected chi connectivity index (χ4v) is 4.00. The molecule has 1 aromatic carbocycles. The van der Waals surface area contributed by atoms with Gasteiger partial charge in [0.25, 0.3) is 0 Å². The largest absolute Gasteiger partial charge is 0.316 e. The Bertz CT molecular complexity index is 479. The van der Waals surface area contributed by atoms with Gasteiger partial charge in [0.15, 0.2) is 9.84 Å². The average molecular weight is 225 g/mol. The molecule has 0 aromatic heterocycles. The van der Waals surface area contributed by atoms with Gasteiger partial charge < -0.3 is 5.32 Å². The van der Waals surface area contributed by atoms with Gasteiger partial charge in [-0.3, -0.25) is 0 Å². The molecule has 3 nitrogen and oxygen atoms in total. The van der Waals surface area contributed by atoms with Crippen LogP contribution in [0.25, 0.3) is 0 Å². The minimum absolute atomic E-state index is 0.127. The number of sulfone groups is 1. The van der Waals surface area contributed by atoms with Gasteiger partial charge >= 0.3 is 0 Å². The zero-order chi connectivity index (χ0) is 11.1. The maximum Gasteiger partial charge on any atom is 0.179 e. The predicted octanol–water partition coefficient (Wildman–Crippen LogP) is 1.30. The van der Waals surface area contributed by atoms with Crippen LogP contribution in [0, 0.1) is 0 Å². The third-order valence-electron chi connectivity index (χ3n) is 2.79. The van der Waals surface area contributed by atoms with Gasteiger partial charge in [0.05, 0.1) is 10.6 Å². The third-order valence-corrected chi connectivity index (χ3v) is 4.77. The van der Waals surface area contributed by atoms with Crippen molar-refractivity contribution in [1.82, 2.24) is 5.32 Å². The molecule has 0 bridgehead atoms. The maximum absolute atomic E-state index is 11.7. The highest BCUT2D eigenvalue weighted by atomic mass is 32.2. The van der Waals surface area contributed by atoms with Crippen molar-refractivity contribution < 1.29 is 8.42 Å². The van der Waals surface area contributed by atoms with Crippen LogP contribution in [0.2, 0.25) is 0 Å². The first-order valence-corrected chi connectivity index (χ1v) is 6.70. The van der Waals surface area contributed by atoms with E-state index in [1.165, 1.54) is 0 Å². The quantitative estimate of drug-likeness (QED) is 0.825. The average Bonchev–Trinajstić information content (AvgIpc) is 2.38. The predicted molar refractivity (Wildman–Crippen MR) is 59.7 cm³/mol. The second-order valence-electron chi connectivity index (χ2n) is 4.08. The van der Waals surface area contributed by atoms with Crippen LogP contribution in [0.15, 0.2) is 23.1 Å². The van der Waals surface area contributed by atoms with E-state index < -0.39 is 9.84 Å². The van der Waals surface area contributed by atoms with Gasteiger partial charge in [0.1, 0.15) is 0 Å². The van der Waals surface area contributed by atoms with E-state index in [0.29, 0.717) is 4.90 Å². The van der Waals surface area contributed by atoms with Crippen LogP contribution in [-0.2, 0) is 16.4 Å². The van der Waals surface area contributed by atoms with Crippen LogP contribution in [0.3, 0.4) is 0 Å². The highest BCUT2D eigenvalue weighted by Gasteiger charge is 2.31. The third kappa shape index (κ3) is 1.79. The molecule has 1 aliphatic rings. The fourth-order valence-electron chi connectivity index (χ4n) is 2.09. The first-order valence-electron chi connectivity index (χ1n) is 5.05. The molecule has 0 radical (unpaired) electrons. The highest BCUT2D eigenvalue weighted by molar-refractivity contribution is 7.91. The summed E-state index contributed by atoms with van der Waals surface area (Å²) in [4.78, 5) is 0.523. The molecule has 1 atom stereocenters. The summed E-state index contributed by atoms with van der Waals surface area (Å²) >= 11 is 0. The summed E-state index contributed by atoms with van der Waals surface area (Å²) in [5, 5.41) is 3.06. The Hall–Kier alpha value is -0.870. The maximum atomic E-state index is 11.7. The molecule has 0 saturated heterocycles. The van der Waals surface area contributed by atoms with E-state index in [-0.39, 0.29) is 11.7 Å². The standard InChI is InChI=1S/C11H15NO2S/c1-8-7-15(13,14)11-4-3-9(6-12-2)5-10(8)11/h3-5,8,12H,6-7H2,1-2H3. The van der Waals surface area contributed by atoms with E-state index in [9.17, 15) is 8.42 Å². The molecule has 1 aliphatic heterocycles. The number of rotatable bonds is 2. The zero-order valence-corrected chi connectivity index (χ0v) is 9.76. The van der Waals surface area contributed by atoms with Crippen molar-refractivity contribution in [2.75, 3.05) is 12.8 Å². The second kappa shape index (κ2) is 3.61. The van der Waals surface area contributed by atoms with Crippen molar-refractivity contribution in [3.8, 4) is 0 Å². The Morgan fingerprint density at radius 3 is 2.87 bits per heavy atom. The van der Waals surface area contributed by atoms with Gasteiger partial charge in [0, 0.05) is 6.54 Å². The Balaban J connectivity index is 2.51. The lowest BCUT2D eigenvalue weighted by molar-refractivity contribution is 0.598. The number of nitrogens with one attached hydrogen (secondary N) is 1. The summed E-state index contributed by atoms with van der Waals surface area (Å²) < 4.78 is 23.4. The SMILES string of the molecule is CNCc1ccc2c(c1)C(C)CS2(=O)=O. The van der Waals surface area contributed by atoms with Crippen LogP contribution >= 0.6 is 0 Å². The van der Waals surface area contributed by atoms with Crippen molar-refractivity contribution in [2.45, 2.75) is 24.3 Å². The van der Waals surface area contributed by atoms with E-state index in [0.717, 1.165) is 17.7 Å². The first kappa shape index (κ1) is 10.6. The van der Waals surface area contributed by atoms with Gasteiger partial charge in [-0.25, -0.2) is 8.42 Å². The van der Waals surface area contributed by atoms with Crippen LogP contribution in [0.1, 0.15) is 24.0 Å². The monoisotopic (exact) mass is 225 g/mol. The molecular weight excluding hydrogens is 210 g/mol. The molecule has 0 spiro atoms. The van der Waals surface area contributed by atoms with Crippen molar-refractivity contribution in [2.24, 2.45) is 0 Å². The van der Waals surface area contributed by atoms with E-state index in [2.05, 4.69) is 5.32 Å². The first-order chi connectivity index (χ1) is 7.04. The second-order valence-corrected chi connectivity index (χ2v) is 6.09. The Morgan fingerprint density at radius 2 is 2.20 bits per heavy atom. The Labute approximate surface area is 90.4 Å². The summed E-state index contributed by atoms with van der Waals surface area (Å²) in [6, 6.07) is 5.62. The molecule has 1 heterocycles. The number of hydrogen-bond donors (Lipinski definition) is 1. The van der Waals surface area contributed by atoms with E-state index in [4.69, 9.17) is 0 Å². The Kier molecular flexibility index (Phi) is 2.56. The molecule has 4 heteroatoms. The number of hydrogen-bond acceptors (Lipinski definition) is 3.